The maximum absolute atomic E-state index is 6.08. The number of hydrogen-bond donors (Lipinski definition) is 1. The molecular formula is C13H28N2. The zero-order valence-electron chi connectivity index (χ0n) is 11.3. The Balaban J connectivity index is 2.95. The summed E-state index contributed by atoms with van der Waals surface area (Å²) >= 11 is 0. The molecule has 90 valence electrons. The highest BCUT2D eigenvalue weighted by atomic mass is 15.2. The highest BCUT2D eigenvalue weighted by molar-refractivity contribution is 5.05. The molecule has 0 aromatic heterocycles. The van der Waals surface area contributed by atoms with Crippen LogP contribution in [0.25, 0.3) is 0 Å². The first-order chi connectivity index (χ1) is 6.75. The van der Waals surface area contributed by atoms with Gasteiger partial charge in [0.15, 0.2) is 0 Å². The van der Waals surface area contributed by atoms with E-state index in [1.807, 2.05) is 0 Å². The van der Waals surface area contributed by atoms with Gasteiger partial charge in [-0.25, -0.2) is 0 Å². The van der Waals surface area contributed by atoms with Crippen LogP contribution in [0.2, 0.25) is 0 Å². The number of hydrogen-bond acceptors (Lipinski definition) is 2. The molecule has 1 aliphatic rings. The fourth-order valence-corrected chi connectivity index (χ4v) is 3.50. The third kappa shape index (κ3) is 2.21. The average molecular weight is 212 g/mol. The molecule has 0 heterocycles. The molecule has 2 N–H and O–H groups in total. The minimum atomic E-state index is 0.220. The summed E-state index contributed by atoms with van der Waals surface area (Å²) in [6.45, 7) is 12.4. The van der Waals surface area contributed by atoms with Crippen molar-refractivity contribution in [3.63, 3.8) is 0 Å². The second-order valence-corrected chi connectivity index (χ2v) is 6.46. The minimum Gasteiger partial charge on any atom is -0.329 e. The van der Waals surface area contributed by atoms with Gasteiger partial charge in [0.2, 0.25) is 0 Å². The Morgan fingerprint density at radius 2 is 1.93 bits per heavy atom. The minimum absolute atomic E-state index is 0.220. The SMILES string of the molecule is CC(C)N(C)C1(CN)CC(C)(C)CC1C. The van der Waals surface area contributed by atoms with Gasteiger partial charge in [0.05, 0.1) is 0 Å². The summed E-state index contributed by atoms with van der Waals surface area (Å²) in [5.41, 5.74) is 6.74. The first-order valence-corrected chi connectivity index (χ1v) is 6.18. The third-order valence-electron chi connectivity index (χ3n) is 4.39. The molecule has 1 saturated carbocycles. The maximum atomic E-state index is 6.08. The lowest BCUT2D eigenvalue weighted by atomic mass is 9.84. The molecule has 2 nitrogen and oxygen atoms in total. The van der Waals surface area contributed by atoms with Gasteiger partial charge in [-0.05, 0) is 45.1 Å². The van der Waals surface area contributed by atoms with Crippen molar-refractivity contribution in [1.29, 1.82) is 0 Å². The van der Waals surface area contributed by atoms with Crippen LogP contribution >= 0.6 is 0 Å². The summed E-state index contributed by atoms with van der Waals surface area (Å²) in [6, 6.07) is 0.574. The van der Waals surface area contributed by atoms with E-state index in [0.717, 1.165) is 6.54 Å². The van der Waals surface area contributed by atoms with Crippen molar-refractivity contribution < 1.29 is 0 Å². The largest absolute Gasteiger partial charge is 0.329 e. The van der Waals surface area contributed by atoms with Crippen LogP contribution in [0.4, 0.5) is 0 Å². The molecule has 0 bridgehead atoms. The fourth-order valence-electron chi connectivity index (χ4n) is 3.50. The lowest BCUT2D eigenvalue weighted by Crippen LogP contribution is -2.56. The molecule has 0 aliphatic heterocycles. The molecular weight excluding hydrogens is 184 g/mol. The van der Waals surface area contributed by atoms with E-state index in [0.29, 0.717) is 17.4 Å². The summed E-state index contributed by atoms with van der Waals surface area (Å²) in [7, 11) is 2.23. The van der Waals surface area contributed by atoms with Crippen molar-refractivity contribution in [3.05, 3.63) is 0 Å². The summed E-state index contributed by atoms with van der Waals surface area (Å²) in [4.78, 5) is 2.49. The van der Waals surface area contributed by atoms with Crippen LogP contribution in [0.15, 0.2) is 0 Å². The Labute approximate surface area is 95.2 Å². The van der Waals surface area contributed by atoms with Gasteiger partial charge in [0.1, 0.15) is 0 Å². The van der Waals surface area contributed by atoms with Crippen molar-refractivity contribution in [1.82, 2.24) is 4.90 Å². The van der Waals surface area contributed by atoms with E-state index in [9.17, 15) is 0 Å². The zero-order chi connectivity index (χ0) is 11.9. The number of nitrogens with two attached hydrogens (primary N) is 1. The van der Waals surface area contributed by atoms with Crippen LogP contribution in [0.1, 0.15) is 47.5 Å². The van der Waals surface area contributed by atoms with Crippen molar-refractivity contribution in [3.8, 4) is 0 Å². The Bertz CT molecular complexity index is 223. The smallest absolute Gasteiger partial charge is 0.0362 e. The standard InChI is InChI=1S/C13H28N2/c1-10(2)15(6)13(9-14)8-12(4,5)7-11(13)3/h10-11H,7-9,14H2,1-6H3. The highest BCUT2D eigenvalue weighted by Crippen LogP contribution is 2.49. The lowest BCUT2D eigenvalue weighted by molar-refractivity contribution is 0.0577. The predicted octanol–water partition coefficient (Wildman–Crippen LogP) is 2.48. The number of likely N-dealkylation sites (N-methyl/N-ethyl adjacent to an activating group) is 1. The van der Waals surface area contributed by atoms with Crippen molar-refractivity contribution >= 4 is 0 Å². The molecule has 0 amide bonds. The first-order valence-electron chi connectivity index (χ1n) is 6.18. The van der Waals surface area contributed by atoms with E-state index in [1.54, 1.807) is 0 Å². The zero-order valence-corrected chi connectivity index (χ0v) is 11.3. The summed E-state index contributed by atoms with van der Waals surface area (Å²) in [5.74, 6) is 0.699. The van der Waals surface area contributed by atoms with Crippen LogP contribution in [0.5, 0.6) is 0 Å². The number of rotatable bonds is 3. The van der Waals surface area contributed by atoms with Crippen molar-refractivity contribution in [2.24, 2.45) is 17.1 Å². The van der Waals surface area contributed by atoms with Gasteiger partial charge in [0.25, 0.3) is 0 Å². The van der Waals surface area contributed by atoms with Crippen molar-refractivity contribution in [2.45, 2.75) is 59.0 Å². The fraction of sp³-hybridized carbons (Fsp3) is 1.00. The molecule has 15 heavy (non-hydrogen) atoms. The maximum Gasteiger partial charge on any atom is 0.0362 e. The number of nitrogens with zero attached hydrogens (tertiary/aromatic N) is 1. The van der Waals surface area contributed by atoms with Gasteiger partial charge < -0.3 is 5.73 Å². The van der Waals surface area contributed by atoms with Gasteiger partial charge in [0, 0.05) is 18.1 Å². The van der Waals surface area contributed by atoms with E-state index >= 15 is 0 Å². The van der Waals surface area contributed by atoms with E-state index in [1.165, 1.54) is 12.8 Å². The summed E-state index contributed by atoms with van der Waals surface area (Å²) < 4.78 is 0. The van der Waals surface area contributed by atoms with Gasteiger partial charge >= 0.3 is 0 Å². The second kappa shape index (κ2) is 4.06. The summed E-state index contributed by atoms with van der Waals surface area (Å²) in [5, 5.41) is 0. The quantitative estimate of drug-likeness (QED) is 0.779. The third-order valence-corrected chi connectivity index (χ3v) is 4.39. The van der Waals surface area contributed by atoms with E-state index in [-0.39, 0.29) is 5.54 Å². The predicted molar refractivity (Wildman–Crippen MR) is 66.9 cm³/mol. The van der Waals surface area contributed by atoms with Crippen LogP contribution in [0, 0.1) is 11.3 Å². The molecule has 0 aromatic carbocycles. The van der Waals surface area contributed by atoms with Gasteiger partial charge in [-0.2, -0.15) is 0 Å². The first kappa shape index (κ1) is 13.0. The van der Waals surface area contributed by atoms with Crippen LogP contribution in [-0.2, 0) is 0 Å². The Morgan fingerprint density at radius 3 is 2.20 bits per heavy atom. The second-order valence-electron chi connectivity index (χ2n) is 6.46. The molecule has 1 aliphatic carbocycles. The Kier molecular flexibility index (Phi) is 3.52. The van der Waals surface area contributed by atoms with Crippen LogP contribution in [-0.4, -0.2) is 30.1 Å². The Morgan fingerprint density at radius 1 is 1.40 bits per heavy atom. The molecule has 2 atom stereocenters. The lowest BCUT2D eigenvalue weighted by Gasteiger charge is -2.44. The van der Waals surface area contributed by atoms with E-state index in [2.05, 4.69) is 46.6 Å². The van der Waals surface area contributed by atoms with Crippen LogP contribution in [0.3, 0.4) is 0 Å². The van der Waals surface area contributed by atoms with E-state index in [4.69, 9.17) is 5.73 Å². The Hall–Kier alpha value is -0.0800. The van der Waals surface area contributed by atoms with E-state index < -0.39 is 0 Å². The van der Waals surface area contributed by atoms with Gasteiger partial charge in [-0.3, -0.25) is 4.90 Å². The molecule has 2 heteroatoms. The monoisotopic (exact) mass is 212 g/mol. The molecule has 1 fully saturated rings. The van der Waals surface area contributed by atoms with Crippen LogP contribution < -0.4 is 5.73 Å². The molecule has 0 saturated heterocycles. The average Bonchev–Trinajstić information content (AvgIpc) is 2.35. The molecule has 0 radical (unpaired) electrons. The topological polar surface area (TPSA) is 29.3 Å². The van der Waals surface area contributed by atoms with Gasteiger partial charge in [-0.15, -0.1) is 0 Å². The molecule has 0 spiro atoms. The highest BCUT2D eigenvalue weighted by Gasteiger charge is 2.50. The van der Waals surface area contributed by atoms with Crippen molar-refractivity contribution in [2.75, 3.05) is 13.6 Å². The van der Waals surface area contributed by atoms with Gasteiger partial charge in [-0.1, -0.05) is 20.8 Å². The summed E-state index contributed by atoms with van der Waals surface area (Å²) in [6.07, 6.45) is 2.52. The molecule has 2 unspecified atom stereocenters. The molecule has 1 rings (SSSR count). The normalized spacial score (nSPS) is 35.4. The molecule has 0 aromatic rings.